The number of hydrogen-bond donors (Lipinski definition) is 1. The molecule has 1 aromatic rings. The highest BCUT2D eigenvalue weighted by atomic mass is 19.4. The molecule has 0 amide bonds. The summed E-state index contributed by atoms with van der Waals surface area (Å²) in [6, 6.07) is 5.15. The van der Waals surface area contributed by atoms with E-state index in [-0.39, 0.29) is 5.75 Å². The minimum absolute atomic E-state index is 0.330. The quantitative estimate of drug-likeness (QED) is 0.239. The maximum atomic E-state index is 12.2. The van der Waals surface area contributed by atoms with Gasteiger partial charge < -0.3 is 4.74 Å². The van der Waals surface area contributed by atoms with Crippen LogP contribution in [0.2, 0.25) is 0 Å². The molecule has 0 heterocycles. The van der Waals surface area contributed by atoms with Crippen LogP contribution >= 0.6 is 0 Å². The van der Waals surface area contributed by atoms with Crippen LogP contribution in [0.1, 0.15) is 33.6 Å². The van der Waals surface area contributed by atoms with E-state index in [9.17, 15) is 13.2 Å². The molecule has 0 aromatic heterocycles. The van der Waals surface area contributed by atoms with Crippen molar-refractivity contribution in [3.05, 3.63) is 60.2 Å². The molecule has 0 fully saturated rings. The lowest BCUT2D eigenvalue weighted by atomic mass is 10.1. The SMILES string of the molecule is C=C(\C=C/C(=C\C)C(/C)=N/N(C=N)c1ccc(OC(F)(F)F)cc1)CCC. The van der Waals surface area contributed by atoms with E-state index in [1.165, 1.54) is 29.3 Å². The Morgan fingerprint density at radius 2 is 1.89 bits per heavy atom. The van der Waals surface area contributed by atoms with Gasteiger partial charge in [-0.3, -0.25) is 5.41 Å². The Morgan fingerprint density at radius 3 is 2.37 bits per heavy atom. The lowest BCUT2D eigenvalue weighted by molar-refractivity contribution is -0.274. The van der Waals surface area contributed by atoms with E-state index in [0.29, 0.717) is 11.4 Å². The lowest BCUT2D eigenvalue weighted by Crippen LogP contribution is -2.18. The molecule has 0 saturated heterocycles. The average Bonchev–Trinajstić information content (AvgIpc) is 2.60. The third kappa shape index (κ3) is 7.94. The fraction of sp³-hybridized carbons (Fsp3) is 0.300. The smallest absolute Gasteiger partial charge is 0.406 e. The van der Waals surface area contributed by atoms with Crippen LogP contribution in [-0.4, -0.2) is 18.4 Å². The fourth-order valence-electron chi connectivity index (χ4n) is 2.22. The molecule has 27 heavy (non-hydrogen) atoms. The molecule has 1 aromatic carbocycles. The average molecular weight is 379 g/mol. The Balaban J connectivity index is 2.97. The van der Waals surface area contributed by atoms with Crippen LogP contribution < -0.4 is 9.75 Å². The molecule has 0 spiro atoms. The predicted octanol–water partition coefficient (Wildman–Crippen LogP) is 6.23. The van der Waals surface area contributed by atoms with Crippen molar-refractivity contribution in [2.24, 2.45) is 5.10 Å². The minimum atomic E-state index is -4.74. The highest BCUT2D eigenvalue weighted by molar-refractivity contribution is 6.02. The molecular formula is C20H24F3N3O. The number of benzene rings is 1. The van der Waals surface area contributed by atoms with Crippen LogP contribution in [0, 0.1) is 5.41 Å². The van der Waals surface area contributed by atoms with Gasteiger partial charge in [0.25, 0.3) is 0 Å². The molecule has 0 aliphatic carbocycles. The first-order chi connectivity index (χ1) is 12.7. The molecule has 0 aliphatic heterocycles. The zero-order valence-corrected chi connectivity index (χ0v) is 15.7. The van der Waals surface area contributed by atoms with Gasteiger partial charge in [0.05, 0.1) is 11.4 Å². The molecule has 4 nitrogen and oxygen atoms in total. The number of hydrogen-bond acceptors (Lipinski definition) is 3. The second-order valence-electron chi connectivity index (χ2n) is 5.69. The first-order valence-electron chi connectivity index (χ1n) is 8.43. The van der Waals surface area contributed by atoms with Crippen LogP contribution in [0.25, 0.3) is 0 Å². The van der Waals surface area contributed by atoms with Crippen LogP contribution in [0.4, 0.5) is 18.9 Å². The van der Waals surface area contributed by atoms with Gasteiger partial charge in [-0.05, 0) is 50.1 Å². The fourth-order valence-corrected chi connectivity index (χ4v) is 2.22. The summed E-state index contributed by atoms with van der Waals surface area (Å²) in [6.45, 7) is 9.72. The third-order valence-electron chi connectivity index (χ3n) is 3.51. The summed E-state index contributed by atoms with van der Waals surface area (Å²) >= 11 is 0. The van der Waals surface area contributed by atoms with E-state index in [4.69, 9.17) is 5.41 Å². The van der Waals surface area contributed by atoms with Gasteiger partial charge in [0.1, 0.15) is 12.1 Å². The van der Waals surface area contributed by atoms with Gasteiger partial charge in [0, 0.05) is 0 Å². The molecule has 0 saturated carbocycles. The van der Waals surface area contributed by atoms with Gasteiger partial charge in [-0.15, -0.1) is 13.2 Å². The van der Waals surface area contributed by atoms with E-state index in [0.717, 1.165) is 30.3 Å². The van der Waals surface area contributed by atoms with Gasteiger partial charge in [-0.1, -0.05) is 43.7 Å². The van der Waals surface area contributed by atoms with Crippen molar-refractivity contribution >= 4 is 17.7 Å². The van der Waals surface area contributed by atoms with Crippen LogP contribution in [0.15, 0.2) is 65.3 Å². The highest BCUT2D eigenvalue weighted by Crippen LogP contribution is 2.25. The van der Waals surface area contributed by atoms with Gasteiger partial charge in [-0.25, -0.2) is 5.01 Å². The maximum absolute atomic E-state index is 12.2. The van der Waals surface area contributed by atoms with Gasteiger partial charge in [0.15, 0.2) is 0 Å². The summed E-state index contributed by atoms with van der Waals surface area (Å²) in [4.78, 5) is 0. The molecule has 0 unspecified atom stereocenters. The lowest BCUT2D eigenvalue weighted by Gasteiger charge is -2.16. The van der Waals surface area contributed by atoms with Crippen molar-refractivity contribution < 1.29 is 17.9 Å². The number of alkyl halides is 3. The topological polar surface area (TPSA) is 48.7 Å². The second-order valence-corrected chi connectivity index (χ2v) is 5.69. The van der Waals surface area contributed by atoms with Crippen LogP contribution in [0.3, 0.4) is 0 Å². The number of rotatable bonds is 9. The van der Waals surface area contributed by atoms with Crippen molar-refractivity contribution in [1.82, 2.24) is 0 Å². The molecule has 0 atom stereocenters. The first-order valence-corrected chi connectivity index (χ1v) is 8.43. The Hall–Kier alpha value is -2.83. The second kappa shape index (κ2) is 10.4. The van der Waals surface area contributed by atoms with E-state index in [1.54, 1.807) is 6.92 Å². The summed E-state index contributed by atoms with van der Waals surface area (Å²) in [6.07, 6.45) is 3.87. The van der Waals surface area contributed by atoms with E-state index in [2.05, 4.69) is 23.3 Å². The van der Waals surface area contributed by atoms with E-state index >= 15 is 0 Å². The highest BCUT2D eigenvalue weighted by Gasteiger charge is 2.31. The molecule has 0 aliphatic rings. The molecule has 146 valence electrons. The summed E-state index contributed by atoms with van der Waals surface area (Å²) < 4.78 is 40.5. The van der Waals surface area contributed by atoms with Crippen molar-refractivity contribution in [2.75, 3.05) is 5.01 Å². The summed E-state index contributed by atoms with van der Waals surface area (Å²) in [5.74, 6) is -0.330. The maximum Gasteiger partial charge on any atom is 0.573 e. The third-order valence-corrected chi connectivity index (χ3v) is 3.51. The predicted molar refractivity (Wildman–Crippen MR) is 104 cm³/mol. The van der Waals surface area contributed by atoms with Crippen molar-refractivity contribution in [1.29, 1.82) is 5.41 Å². The zero-order valence-electron chi connectivity index (χ0n) is 15.7. The standard InChI is InChI=1S/C20H24F3N3O/c1-5-7-15(3)8-9-17(6-2)16(4)25-26(14-24)18-10-12-19(13-11-18)27-20(21,22)23/h6,8-14,24H,3,5,7H2,1-2,4H3/b9-8-,17-6+,24-14?,25-16+. The number of ether oxygens (including phenoxy) is 1. The van der Waals surface area contributed by atoms with E-state index < -0.39 is 6.36 Å². The van der Waals surface area contributed by atoms with E-state index in [1.807, 2.05) is 25.2 Å². The molecular weight excluding hydrogens is 355 g/mol. The molecule has 1 N–H and O–H groups in total. The van der Waals surface area contributed by atoms with Crippen molar-refractivity contribution in [2.45, 2.75) is 40.0 Å². The monoisotopic (exact) mass is 379 g/mol. The number of nitrogens with one attached hydrogen (secondary N) is 1. The van der Waals surface area contributed by atoms with Crippen molar-refractivity contribution in [3.63, 3.8) is 0 Å². The van der Waals surface area contributed by atoms with Crippen molar-refractivity contribution in [3.8, 4) is 5.75 Å². The molecule has 0 radical (unpaired) electrons. The summed E-state index contributed by atoms with van der Waals surface area (Å²) in [7, 11) is 0. The first kappa shape index (κ1) is 22.2. The Bertz CT molecular complexity index is 732. The Morgan fingerprint density at radius 1 is 1.26 bits per heavy atom. The largest absolute Gasteiger partial charge is 0.573 e. The molecule has 0 bridgehead atoms. The van der Waals surface area contributed by atoms with Gasteiger partial charge in [0.2, 0.25) is 0 Å². The number of hydrazone groups is 1. The minimum Gasteiger partial charge on any atom is -0.406 e. The Labute approximate surface area is 157 Å². The zero-order chi connectivity index (χ0) is 20.4. The number of halogens is 3. The van der Waals surface area contributed by atoms with Crippen LogP contribution in [-0.2, 0) is 0 Å². The summed E-state index contributed by atoms with van der Waals surface area (Å²) in [5, 5.41) is 13.2. The Kier molecular flexibility index (Phi) is 8.51. The van der Waals surface area contributed by atoms with Crippen LogP contribution in [0.5, 0.6) is 5.75 Å². The summed E-state index contributed by atoms with van der Waals surface area (Å²) in [5.41, 5.74) is 2.95. The number of nitrogens with zero attached hydrogens (tertiary/aromatic N) is 2. The van der Waals surface area contributed by atoms with Gasteiger partial charge >= 0.3 is 6.36 Å². The number of anilines is 1. The normalized spacial score (nSPS) is 13.0. The van der Waals surface area contributed by atoms with Gasteiger partial charge in [-0.2, -0.15) is 5.10 Å². The molecule has 7 heteroatoms. The number of allylic oxidation sites excluding steroid dienone is 5. The molecule has 1 rings (SSSR count).